The first-order valence-electron chi connectivity index (χ1n) is 8.21. The highest BCUT2D eigenvalue weighted by atomic mass is 32.2. The zero-order valence-electron chi connectivity index (χ0n) is 14.5. The van der Waals surface area contributed by atoms with E-state index in [2.05, 4.69) is 4.99 Å². The highest BCUT2D eigenvalue weighted by Crippen LogP contribution is 2.40. The van der Waals surface area contributed by atoms with Crippen LogP contribution >= 0.6 is 23.5 Å². The largest absolute Gasteiger partial charge is 0.477 e. The summed E-state index contributed by atoms with van der Waals surface area (Å²) in [5.74, 6) is -0.501. The van der Waals surface area contributed by atoms with Crippen molar-refractivity contribution in [3.05, 3.63) is 11.3 Å². The molecule has 0 aliphatic carbocycles. The molecule has 1 fully saturated rings. The van der Waals surface area contributed by atoms with E-state index in [0.29, 0.717) is 22.2 Å². The van der Waals surface area contributed by atoms with Crippen molar-refractivity contribution in [2.75, 3.05) is 18.6 Å². The molecule has 142 valence electrons. The third-order valence-corrected chi connectivity index (χ3v) is 7.33. The topological polar surface area (TPSA) is 149 Å². The lowest BCUT2D eigenvalue weighted by molar-refractivity contribution is -0.147. The molecule has 26 heavy (non-hydrogen) atoms. The Morgan fingerprint density at radius 2 is 2.19 bits per heavy atom. The average molecular weight is 399 g/mol. The van der Waals surface area contributed by atoms with Crippen LogP contribution in [0.4, 0.5) is 0 Å². The number of rotatable bonds is 4. The number of carboxylic acid groups (broad SMARTS) is 1. The molecule has 0 aromatic rings. The van der Waals surface area contributed by atoms with Crippen LogP contribution in [0.5, 0.6) is 0 Å². The molecule has 3 unspecified atom stereocenters. The molecule has 0 aromatic carbocycles. The van der Waals surface area contributed by atoms with Gasteiger partial charge in [0.2, 0.25) is 5.91 Å². The molecule has 9 nitrogen and oxygen atoms in total. The van der Waals surface area contributed by atoms with Crippen molar-refractivity contribution in [1.29, 1.82) is 5.41 Å². The van der Waals surface area contributed by atoms with E-state index in [-0.39, 0.29) is 34.9 Å². The van der Waals surface area contributed by atoms with E-state index in [4.69, 9.17) is 16.9 Å². The van der Waals surface area contributed by atoms with Crippen LogP contribution in [0.25, 0.3) is 0 Å². The number of β-lactam (4-membered cyclic amide) rings is 1. The predicted molar refractivity (Wildman–Crippen MR) is 103 cm³/mol. The second kappa shape index (κ2) is 7.22. The first-order valence-corrected chi connectivity index (χ1v) is 10.2. The van der Waals surface area contributed by atoms with Crippen LogP contribution in [0.2, 0.25) is 0 Å². The summed E-state index contributed by atoms with van der Waals surface area (Å²) in [7, 11) is 1.82. The van der Waals surface area contributed by atoms with Gasteiger partial charge < -0.3 is 21.5 Å². The first kappa shape index (κ1) is 19.2. The Morgan fingerprint density at radius 3 is 2.81 bits per heavy atom. The van der Waals surface area contributed by atoms with Gasteiger partial charge in [-0.3, -0.25) is 15.1 Å². The third-order valence-electron chi connectivity index (χ3n) is 4.83. The number of amidine groups is 2. The molecule has 3 rings (SSSR count). The van der Waals surface area contributed by atoms with Gasteiger partial charge in [-0.15, -0.1) is 11.8 Å². The van der Waals surface area contributed by atoms with Crippen molar-refractivity contribution < 1.29 is 14.7 Å². The summed E-state index contributed by atoms with van der Waals surface area (Å²) in [6, 6.07) is -0.637. The first-order chi connectivity index (χ1) is 12.3. The summed E-state index contributed by atoms with van der Waals surface area (Å²) in [6.07, 6.45) is 0.399. The maximum Gasteiger partial charge on any atom is 0.352 e. The van der Waals surface area contributed by atoms with Crippen LogP contribution in [-0.4, -0.2) is 73.9 Å². The van der Waals surface area contributed by atoms with Crippen molar-refractivity contribution >= 4 is 46.4 Å². The van der Waals surface area contributed by atoms with Gasteiger partial charge in [0.05, 0.1) is 12.1 Å². The van der Waals surface area contributed by atoms with Gasteiger partial charge in [-0.2, -0.15) is 0 Å². The third kappa shape index (κ3) is 3.02. The van der Waals surface area contributed by atoms with Crippen LogP contribution < -0.4 is 11.5 Å². The number of aliphatic imine (C=N–C) groups is 1. The van der Waals surface area contributed by atoms with Crippen molar-refractivity contribution in [2.24, 2.45) is 22.4 Å². The molecule has 4 atom stereocenters. The molecule has 0 bridgehead atoms. The fourth-order valence-corrected chi connectivity index (χ4v) is 5.69. The van der Waals surface area contributed by atoms with Crippen LogP contribution in [0.3, 0.4) is 0 Å². The summed E-state index contributed by atoms with van der Waals surface area (Å²) >= 11 is 2.81. The second-order valence-corrected chi connectivity index (χ2v) is 8.42. The van der Waals surface area contributed by atoms with Crippen LogP contribution in [0, 0.1) is 11.3 Å². The Hall–Kier alpha value is -1.56. The Bertz CT molecular complexity index is 724. The second-order valence-electron chi connectivity index (χ2n) is 6.38. The lowest BCUT2D eigenvalue weighted by atomic mass is 10.0. The number of aliphatic carboxylic acids is 1. The minimum Gasteiger partial charge on any atom is -0.477 e. The van der Waals surface area contributed by atoms with Gasteiger partial charge in [-0.1, -0.05) is 18.7 Å². The number of nitrogens with two attached hydrogens (primary N) is 2. The van der Waals surface area contributed by atoms with E-state index in [1.54, 1.807) is 0 Å². The number of nitrogens with one attached hydrogen (secondary N) is 1. The summed E-state index contributed by atoms with van der Waals surface area (Å²) < 4.78 is 0. The summed E-state index contributed by atoms with van der Waals surface area (Å²) in [5.41, 5.74) is 12.6. The van der Waals surface area contributed by atoms with Gasteiger partial charge in [0.15, 0.2) is 5.17 Å². The van der Waals surface area contributed by atoms with Gasteiger partial charge in [-0.25, -0.2) is 9.79 Å². The number of amides is 1. The fraction of sp³-hybridized carbons (Fsp3) is 0.600. The summed E-state index contributed by atoms with van der Waals surface area (Å²) in [6.45, 7) is 1.97. The number of carbonyl (C=O) groups is 2. The van der Waals surface area contributed by atoms with Gasteiger partial charge in [0.1, 0.15) is 22.9 Å². The van der Waals surface area contributed by atoms with E-state index in [1.165, 1.54) is 28.4 Å². The van der Waals surface area contributed by atoms with E-state index in [1.807, 2.05) is 18.9 Å². The number of hydrogen-bond donors (Lipinski definition) is 4. The summed E-state index contributed by atoms with van der Waals surface area (Å²) in [4.78, 5) is 31.1. The monoisotopic (exact) mass is 398 g/mol. The van der Waals surface area contributed by atoms with Crippen molar-refractivity contribution in [3.63, 3.8) is 0 Å². The van der Waals surface area contributed by atoms with Crippen LogP contribution in [0.1, 0.15) is 13.3 Å². The van der Waals surface area contributed by atoms with E-state index >= 15 is 0 Å². The van der Waals surface area contributed by atoms with E-state index in [9.17, 15) is 14.7 Å². The van der Waals surface area contributed by atoms with Crippen molar-refractivity contribution in [3.8, 4) is 0 Å². The highest BCUT2D eigenvalue weighted by molar-refractivity contribution is 8.14. The molecule has 3 heterocycles. The molecular weight excluding hydrogens is 376 g/mol. The highest BCUT2D eigenvalue weighted by Gasteiger charge is 2.51. The lowest BCUT2D eigenvalue weighted by Gasteiger charge is -2.48. The maximum atomic E-state index is 12.0. The van der Waals surface area contributed by atoms with Gasteiger partial charge in [-0.05, 0) is 12.0 Å². The lowest BCUT2D eigenvalue weighted by Crippen LogP contribution is -2.68. The fourth-order valence-electron chi connectivity index (χ4n) is 3.24. The average Bonchev–Trinajstić information content (AvgIpc) is 2.62. The number of thioether (sulfide) groups is 2. The standard InChI is InChI=1S/C15H22N6O3S2/c1-3-7-10(17)19-15(20(2)11(7)18)26-5-6-4-25-13-8(16)12(22)21(13)9(6)14(23)24/h7-8,11,13,17H,3-5,16,18H2,1-2H3,(H,23,24)/t7?,8?,11?,13-/m0/s1. The molecule has 0 spiro atoms. The maximum absolute atomic E-state index is 12.0. The predicted octanol–water partition coefficient (Wildman–Crippen LogP) is -0.110. The number of nitrogens with zero attached hydrogens (tertiary/aromatic N) is 3. The van der Waals surface area contributed by atoms with Gasteiger partial charge in [0, 0.05) is 18.6 Å². The van der Waals surface area contributed by atoms with Gasteiger partial charge in [0.25, 0.3) is 0 Å². The van der Waals surface area contributed by atoms with Crippen LogP contribution in [-0.2, 0) is 9.59 Å². The zero-order chi connectivity index (χ0) is 19.2. The minimum absolute atomic E-state index is 0.0258. The van der Waals surface area contributed by atoms with Crippen molar-refractivity contribution in [2.45, 2.75) is 30.9 Å². The molecule has 3 aliphatic rings. The van der Waals surface area contributed by atoms with Gasteiger partial charge >= 0.3 is 5.97 Å². The molecule has 0 aromatic heterocycles. The molecular formula is C15H22N6O3S2. The SMILES string of the molecule is CCC1C(=N)N=C(SCC2=C(C(=O)O)N3C(=O)C(N)[C@@H]3SC2)N(C)C1N. The molecule has 3 aliphatic heterocycles. The molecule has 1 saturated heterocycles. The molecule has 1 amide bonds. The Labute approximate surface area is 159 Å². The number of fused-ring (bicyclic) bond motifs is 1. The number of carboxylic acids is 1. The Morgan fingerprint density at radius 1 is 1.50 bits per heavy atom. The normalized spacial score (nSPS) is 31.6. The molecule has 0 radical (unpaired) electrons. The molecule has 11 heteroatoms. The Kier molecular flexibility index (Phi) is 5.33. The quantitative estimate of drug-likeness (QED) is 0.479. The zero-order valence-corrected chi connectivity index (χ0v) is 16.1. The molecule has 0 saturated carbocycles. The van der Waals surface area contributed by atoms with Crippen LogP contribution in [0.15, 0.2) is 16.3 Å². The smallest absolute Gasteiger partial charge is 0.352 e. The minimum atomic E-state index is -1.12. The number of carbonyl (C=O) groups excluding carboxylic acids is 1. The van der Waals surface area contributed by atoms with Crippen molar-refractivity contribution in [1.82, 2.24) is 9.80 Å². The Balaban J connectivity index is 1.79. The van der Waals surface area contributed by atoms with E-state index in [0.717, 1.165) is 6.42 Å². The van der Waals surface area contributed by atoms with E-state index < -0.39 is 12.0 Å². The molecule has 6 N–H and O–H groups in total. The number of hydrogen-bond acceptors (Lipinski definition) is 8. The summed E-state index contributed by atoms with van der Waals surface area (Å²) in [5, 5.41) is 17.9.